The lowest BCUT2D eigenvalue weighted by Crippen LogP contribution is -2.03. The first kappa shape index (κ1) is 29.3. The molecule has 0 radical (unpaired) electrons. The molecular weight excluding hydrogens is 679 g/mol. The van der Waals surface area contributed by atoms with Crippen LogP contribution in [0.25, 0.3) is 71.9 Å². The van der Waals surface area contributed by atoms with E-state index in [0.717, 1.165) is 65.7 Å². The molecule has 228 valence electrons. The van der Waals surface area contributed by atoms with Gasteiger partial charge in [0, 0.05) is 11.1 Å². The molecule has 4 aromatic heterocycles. The summed E-state index contributed by atoms with van der Waals surface area (Å²) in [6.45, 7) is 0. The first-order valence-electron chi connectivity index (χ1n) is 13.7. The van der Waals surface area contributed by atoms with Gasteiger partial charge in [0.05, 0.1) is 50.7 Å². The van der Waals surface area contributed by atoms with Gasteiger partial charge in [0.25, 0.3) is 0 Å². The van der Waals surface area contributed by atoms with E-state index in [1.165, 1.54) is 57.5 Å². The average Bonchev–Trinajstić information content (AvgIpc) is 3.80. The van der Waals surface area contributed by atoms with Gasteiger partial charge in [0.15, 0.2) is 0 Å². The fraction of sp³-hybridized carbons (Fsp3) is 0.0588. The summed E-state index contributed by atoms with van der Waals surface area (Å²) in [5.74, 6) is 0. The fourth-order valence-electron chi connectivity index (χ4n) is 5.37. The molecule has 46 heavy (non-hydrogen) atoms. The lowest BCUT2D eigenvalue weighted by Gasteiger charge is -2.04. The molecule has 0 unspecified atom stereocenters. The van der Waals surface area contributed by atoms with Crippen molar-refractivity contribution in [3.8, 4) is 42.0 Å². The fourth-order valence-corrected chi connectivity index (χ4v) is 10.5. The Labute approximate surface area is 272 Å². The van der Waals surface area contributed by atoms with Gasteiger partial charge in [-0.1, -0.05) is 60.7 Å². The molecule has 0 N–H and O–H groups in total. The molecule has 0 fully saturated rings. The summed E-state index contributed by atoms with van der Waals surface area (Å²) in [5, 5.41) is 1.23. The second-order valence-electron chi connectivity index (χ2n) is 10.4. The average molecular weight is 695 g/mol. The van der Waals surface area contributed by atoms with E-state index in [-0.39, 0.29) is 0 Å². The predicted molar refractivity (Wildman–Crippen MR) is 178 cm³/mol. The van der Waals surface area contributed by atoms with Crippen LogP contribution >= 0.6 is 45.3 Å². The highest BCUT2D eigenvalue weighted by atomic mass is 32.1. The van der Waals surface area contributed by atoms with Crippen LogP contribution in [0, 0.1) is 0 Å². The van der Waals surface area contributed by atoms with Crippen molar-refractivity contribution < 1.29 is 26.3 Å². The van der Waals surface area contributed by atoms with Gasteiger partial charge < -0.3 is 0 Å². The number of benzene rings is 4. The zero-order chi connectivity index (χ0) is 31.8. The molecule has 0 aliphatic heterocycles. The molecule has 2 nitrogen and oxygen atoms in total. The molecule has 0 saturated carbocycles. The van der Waals surface area contributed by atoms with Crippen molar-refractivity contribution in [1.29, 1.82) is 0 Å². The van der Waals surface area contributed by atoms with Crippen molar-refractivity contribution in [2.24, 2.45) is 0 Å². The smallest absolute Gasteiger partial charge is 0.235 e. The number of thiazole rings is 2. The minimum atomic E-state index is -4.46. The number of thiophene rings is 2. The molecule has 12 heteroatoms. The van der Waals surface area contributed by atoms with Crippen LogP contribution in [0.2, 0.25) is 0 Å². The second-order valence-corrected chi connectivity index (χ2v) is 14.5. The molecule has 8 aromatic rings. The van der Waals surface area contributed by atoms with Gasteiger partial charge in [0.2, 0.25) is 0 Å². The Morgan fingerprint density at radius 1 is 0.457 bits per heavy atom. The third kappa shape index (κ3) is 5.00. The molecule has 0 bridgehead atoms. The second kappa shape index (κ2) is 10.7. The highest BCUT2D eigenvalue weighted by Crippen LogP contribution is 2.56. The molecule has 0 amide bonds. The van der Waals surface area contributed by atoms with Crippen molar-refractivity contribution in [1.82, 2.24) is 9.97 Å². The number of halogens is 6. The van der Waals surface area contributed by atoms with Gasteiger partial charge in [-0.15, -0.1) is 45.3 Å². The van der Waals surface area contributed by atoms with Gasteiger partial charge in [-0.3, -0.25) is 0 Å². The number of hydrogen-bond donors (Lipinski definition) is 0. The largest absolute Gasteiger partial charge is 0.416 e. The van der Waals surface area contributed by atoms with E-state index in [2.05, 4.69) is 0 Å². The van der Waals surface area contributed by atoms with E-state index >= 15 is 0 Å². The van der Waals surface area contributed by atoms with Crippen LogP contribution in [0.15, 0.2) is 97.1 Å². The third-order valence-electron chi connectivity index (χ3n) is 7.47. The van der Waals surface area contributed by atoms with E-state index in [0.29, 0.717) is 30.4 Å². The highest BCUT2D eigenvalue weighted by Gasteiger charge is 2.33. The van der Waals surface area contributed by atoms with E-state index < -0.39 is 23.5 Å². The molecule has 0 spiro atoms. The van der Waals surface area contributed by atoms with Crippen LogP contribution < -0.4 is 0 Å². The first-order valence-corrected chi connectivity index (χ1v) is 17.0. The SMILES string of the molecule is FC(F)(F)c1ccc2nc(-c3sc4c(-c5ccccc5)c(-c5nc6ccc(C(F)(F)F)cc6s5)sc4c3-c3ccccc3)sc2c1. The van der Waals surface area contributed by atoms with Crippen LogP contribution in [0.1, 0.15) is 11.1 Å². The van der Waals surface area contributed by atoms with Gasteiger partial charge in [-0.05, 0) is 47.5 Å². The van der Waals surface area contributed by atoms with Gasteiger partial charge in [0.1, 0.15) is 10.0 Å². The predicted octanol–water partition coefficient (Wildman–Crippen LogP) is 12.9. The maximum absolute atomic E-state index is 13.5. The summed E-state index contributed by atoms with van der Waals surface area (Å²) in [6, 6.07) is 26.6. The Morgan fingerprint density at radius 2 is 0.848 bits per heavy atom. The maximum atomic E-state index is 13.5. The summed E-state index contributed by atoms with van der Waals surface area (Å²) in [5.41, 5.74) is 3.19. The Bertz CT molecular complexity index is 2230. The summed E-state index contributed by atoms with van der Waals surface area (Å²) in [6.07, 6.45) is -8.93. The Hall–Kier alpha value is -4.10. The number of rotatable bonds is 4. The van der Waals surface area contributed by atoms with Gasteiger partial charge in [-0.25, -0.2) is 9.97 Å². The standard InChI is InChI=1S/C34H16F6N2S4/c35-33(36,37)19-11-13-21-23(15-19)43-31(41-21)29-25(17-7-3-1-4-8-17)27-28(46-29)26(18-9-5-2-6-10-18)30(45-27)32-42-22-14-12-20(34(38,39)40)16-24(22)44-32/h1-16H. The minimum Gasteiger partial charge on any atom is -0.235 e. The number of hydrogen-bond acceptors (Lipinski definition) is 6. The van der Waals surface area contributed by atoms with Crippen molar-refractivity contribution in [2.75, 3.05) is 0 Å². The molecular formula is C34H16F6N2S4. The zero-order valence-electron chi connectivity index (χ0n) is 23.0. The lowest BCUT2D eigenvalue weighted by molar-refractivity contribution is -0.138. The Morgan fingerprint density at radius 3 is 1.22 bits per heavy atom. The quantitative estimate of drug-likeness (QED) is 0.171. The molecule has 0 aliphatic rings. The van der Waals surface area contributed by atoms with Crippen molar-refractivity contribution in [3.05, 3.63) is 108 Å². The summed E-state index contributed by atoms with van der Waals surface area (Å²) < 4.78 is 83.7. The topological polar surface area (TPSA) is 25.8 Å². The van der Waals surface area contributed by atoms with Crippen molar-refractivity contribution in [3.63, 3.8) is 0 Å². The Kier molecular flexibility index (Phi) is 6.84. The monoisotopic (exact) mass is 694 g/mol. The number of aromatic nitrogens is 2. The lowest BCUT2D eigenvalue weighted by atomic mass is 10.0. The molecule has 8 rings (SSSR count). The van der Waals surface area contributed by atoms with Crippen LogP contribution in [-0.2, 0) is 12.4 Å². The zero-order valence-corrected chi connectivity index (χ0v) is 26.3. The number of fused-ring (bicyclic) bond motifs is 3. The minimum absolute atomic E-state index is 0.442. The van der Waals surface area contributed by atoms with E-state index in [1.807, 2.05) is 60.7 Å². The van der Waals surface area contributed by atoms with E-state index in [4.69, 9.17) is 9.97 Å². The number of nitrogens with zero attached hydrogens (tertiary/aromatic N) is 2. The summed E-state index contributed by atoms with van der Waals surface area (Å²) in [4.78, 5) is 11.2. The number of alkyl halides is 6. The van der Waals surface area contributed by atoms with Crippen molar-refractivity contribution in [2.45, 2.75) is 12.4 Å². The van der Waals surface area contributed by atoms with Gasteiger partial charge in [-0.2, -0.15) is 26.3 Å². The van der Waals surface area contributed by atoms with E-state index in [1.54, 1.807) is 0 Å². The molecule has 0 atom stereocenters. The van der Waals surface area contributed by atoms with Crippen LogP contribution in [0.5, 0.6) is 0 Å². The molecule has 0 saturated heterocycles. The first-order chi connectivity index (χ1) is 22.0. The highest BCUT2D eigenvalue weighted by molar-refractivity contribution is 7.36. The molecule has 4 aromatic carbocycles. The Balaban J connectivity index is 1.39. The third-order valence-corrected chi connectivity index (χ3v) is 12.4. The summed E-state index contributed by atoms with van der Waals surface area (Å²) >= 11 is 5.46. The van der Waals surface area contributed by atoms with Crippen LogP contribution in [-0.4, -0.2) is 9.97 Å². The van der Waals surface area contributed by atoms with Crippen molar-refractivity contribution >= 4 is 75.2 Å². The molecule has 0 aliphatic carbocycles. The van der Waals surface area contributed by atoms with Crippen LogP contribution in [0.4, 0.5) is 26.3 Å². The van der Waals surface area contributed by atoms with Gasteiger partial charge >= 0.3 is 12.4 Å². The maximum Gasteiger partial charge on any atom is 0.416 e. The summed E-state index contributed by atoms with van der Waals surface area (Å²) in [7, 11) is 0. The normalized spacial score (nSPS) is 12.6. The molecule has 4 heterocycles. The van der Waals surface area contributed by atoms with Crippen LogP contribution in [0.3, 0.4) is 0 Å². The van der Waals surface area contributed by atoms with E-state index in [9.17, 15) is 26.3 Å².